The van der Waals surface area contributed by atoms with E-state index >= 15 is 0 Å². The molecular formula is C14H22N2O2. The number of amides is 1. The van der Waals surface area contributed by atoms with E-state index in [4.69, 9.17) is 10.2 Å². The number of carbonyl (C=O) groups is 1. The van der Waals surface area contributed by atoms with E-state index in [-0.39, 0.29) is 5.91 Å². The average molecular weight is 250 g/mol. The van der Waals surface area contributed by atoms with Crippen LogP contribution in [0.4, 0.5) is 0 Å². The highest BCUT2D eigenvalue weighted by molar-refractivity contribution is 5.94. The monoisotopic (exact) mass is 250 g/mol. The first kappa shape index (κ1) is 13.1. The van der Waals surface area contributed by atoms with Crippen LogP contribution in [0.2, 0.25) is 0 Å². The molecule has 0 aromatic carbocycles. The summed E-state index contributed by atoms with van der Waals surface area (Å²) >= 11 is 0. The molecule has 1 aromatic heterocycles. The molecular weight excluding hydrogens is 228 g/mol. The first-order valence-electron chi connectivity index (χ1n) is 6.66. The fourth-order valence-electron chi connectivity index (χ4n) is 2.72. The van der Waals surface area contributed by atoms with Crippen molar-refractivity contribution in [1.29, 1.82) is 0 Å². The average Bonchev–Trinajstić information content (AvgIpc) is 2.85. The maximum atomic E-state index is 12.3. The molecule has 1 aliphatic carbocycles. The van der Waals surface area contributed by atoms with Gasteiger partial charge in [-0.05, 0) is 24.8 Å². The minimum atomic E-state index is 0.0394. The quantitative estimate of drug-likeness (QED) is 0.896. The Morgan fingerprint density at radius 3 is 2.94 bits per heavy atom. The largest absolute Gasteiger partial charge is 0.467 e. The third-order valence-corrected chi connectivity index (χ3v) is 3.88. The van der Waals surface area contributed by atoms with E-state index in [9.17, 15) is 4.79 Å². The summed E-state index contributed by atoms with van der Waals surface area (Å²) in [7, 11) is 1.89. The van der Waals surface area contributed by atoms with Gasteiger partial charge in [-0.3, -0.25) is 4.79 Å². The highest BCUT2D eigenvalue weighted by Gasteiger charge is 2.26. The van der Waals surface area contributed by atoms with Gasteiger partial charge in [0.05, 0.1) is 12.1 Å². The van der Waals surface area contributed by atoms with Crippen molar-refractivity contribution < 1.29 is 9.21 Å². The highest BCUT2D eigenvalue weighted by atomic mass is 16.3. The van der Waals surface area contributed by atoms with Gasteiger partial charge in [0.2, 0.25) is 0 Å². The number of hydrogen-bond acceptors (Lipinski definition) is 3. The molecule has 1 saturated carbocycles. The summed E-state index contributed by atoms with van der Waals surface area (Å²) in [5.41, 5.74) is 6.09. The van der Waals surface area contributed by atoms with Crippen LogP contribution in [0.3, 0.4) is 0 Å². The third-order valence-electron chi connectivity index (χ3n) is 3.88. The summed E-state index contributed by atoms with van der Waals surface area (Å²) in [5.74, 6) is 1.41. The Bertz CT molecular complexity index is 414. The van der Waals surface area contributed by atoms with E-state index < -0.39 is 0 Å². The minimum Gasteiger partial charge on any atom is -0.467 e. The Kier molecular flexibility index (Phi) is 4.07. The number of nitrogens with zero attached hydrogens (tertiary/aromatic N) is 1. The third kappa shape index (κ3) is 2.75. The van der Waals surface area contributed by atoms with Gasteiger partial charge < -0.3 is 15.1 Å². The number of carbonyl (C=O) groups excluding carboxylic acids is 1. The molecule has 1 amide bonds. The molecule has 1 fully saturated rings. The molecule has 1 aromatic rings. The van der Waals surface area contributed by atoms with Gasteiger partial charge in [-0.2, -0.15) is 0 Å². The van der Waals surface area contributed by atoms with Crippen LogP contribution in [0.5, 0.6) is 0 Å². The summed E-state index contributed by atoms with van der Waals surface area (Å²) in [6.45, 7) is 2.59. The summed E-state index contributed by atoms with van der Waals surface area (Å²) < 4.78 is 5.22. The highest BCUT2D eigenvalue weighted by Crippen LogP contribution is 2.27. The Morgan fingerprint density at radius 1 is 1.56 bits per heavy atom. The molecule has 0 radical (unpaired) electrons. The van der Waals surface area contributed by atoms with Crippen LogP contribution in [0.1, 0.15) is 48.7 Å². The zero-order valence-corrected chi connectivity index (χ0v) is 11.2. The molecule has 100 valence electrons. The van der Waals surface area contributed by atoms with Crippen molar-refractivity contribution in [3.8, 4) is 0 Å². The Morgan fingerprint density at radius 2 is 2.33 bits per heavy atom. The Labute approximate surface area is 108 Å². The van der Waals surface area contributed by atoms with Crippen molar-refractivity contribution in [2.45, 2.75) is 45.2 Å². The molecule has 2 N–H and O–H groups in total. The van der Waals surface area contributed by atoms with Crippen molar-refractivity contribution in [3.05, 3.63) is 23.7 Å². The van der Waals surface area contributed by atoms with Crippen molar-refractivity contribution in [2.24, 2.45) is 11.7 Å². The van der Waals surface area contributed by atoms with Gasteiger partial charge in [0.25, 0.3) is 5.91 Å². The van der Waals surface area contributed by atoms with Gasteiger partial charge >= 0.3 is 0 Å². The molecule has 18 heavy (non-hydrogen) atoms. The van der Waals surface area contributed by atoms with Crippen LogP contribution < -0.4 is 5.73 Å². The van der Waals surface area contributed by atoms with Crippen molar-refractivity contribution in [1.82, 2.24) is 4.90 Å². The van der Waals surface area contributed by atoms with Crippen LogP contribution in [0.15, 0.2) is 16.7 Å². The summed E-state index contributed by atoms with van der Waals surface area (Å²) in [6, 6.07) is 2.10. The predicted octanol–water partition coefficient (Wildman–Crippen LogP) is 2.39. The van der Waals surface area contributed by atoms with Crippen LogP contribution in [-0.4, -0.2) is 23.9 Å². The van der Waals surface area contributed by atoms with Crippen LogP contribution in [0.25, 0.3) is 0 Å². The smallest absolute Gasteiger partial charge is 0.257 e. The topological polar surface area (TPSA) is 59.5 Å². The molecule has 0 saturated heterocycles. The van der Waals surface area contributed by atoms with Gasteiger partial charge in [0.15, 0.2) is 0 Å². The summed E-state index contributed by atoms with van der Waals surface area (Å²) in [4.78, 5) is 14.2. The molecule has 0 bridgehead atoms. The van der Waals surface area contributed by atoms with E-state index in [0.717, 1.165) is 12.8 Å². The molecule has 0 aliphatic heterocycles. The Balaban J connectivity index is 2.03. The van der Waals surface area contributed by atoms with E-state index in [1.54, 1.807) is 6.07 Å². The van der Waals surface area contributed by atoms with Gasteiger partial charge in [0.1, 0.15) is 12.0 Å². The summed E-state index contributed by atoms with van der Waals surface area (Å²) in [6.07, 6.45) is 6.20. The van der Waals surface area contributed by atoms with Crippen LogP contribution in [0, 0.1) is 5.92 Å². The molecule has 4 heteroatoms. The second kappa shape index (κ2) is 5.57. The molecule has 0 spiro atoms. The SMILES string of the molecule is CC1CCCC(N(C)C(=O)c2coc(CN)c2)C1. The minimum absolute atomic E-state index is 0.0394. The number of hydrogen-bond donors (Lipinski definition) is 1. The first-order chi connectivity index (χ1) is 8.61. The Hall–Kier alpha value is -1.29. The molecule has 1 heterocycles. The molecule has 4 nitrogen and oxygen atoms in total. The number of nitrogens with two attached hydrogens (primary N) is 1. The predicted molar refractivity (Wildman–Crippen MR) is 70.1 cm³/mol. The number of rotatable bonds is 3. The van der Waals surface area contributed by atoms with E-state index in [1.165, 1.54) is 19.1 Å². The molecule has 2 unspecified atom stereocenters. The van der Waals surface area contributed by atoms with Gasteiger partial charge in [0, 0.05) is 13.1 Å². The zero-order valence-electron chi connectivity index (χ0n) is 11.2. The van der Waals surface area contributed by atoms with Gasteiger partial charge in [-0.25, -0.2) is 0 Å². The second-order valence-electron chi connectivity index (χ2n) is 5.35. The fourth-order valence-corrected chi connectivity index (χ4v) is 2.72. The molecule has 2 atom stereocenters. The standard InChI is InChI=1S/C14H22N2O2/c1-10-4-3-5-12(6-10)16(2)14(17)11-7-13(8-15)18-9-11/h7,9-10,12H,3-6,8,15H2,1-2H3. The fraction of sp³-hybridized carbons (Fsp3) is 0.643. The normalized spacial score (nSPS) is 23.9. The van der Waals surface area contributed by atoms with Crippen LogP contribution in [-0.2, 0) is 6.54 Å². The van der Waals surface area contributed by atoms with E-state index in [0.29, 0.717) is 29.8 Å². The number of furan rings is 1. The van der Waals surface area contributed by atoms with E-state index in [2.05, 4.69) is 6.92 Å². The lowest BCUT2D eigenvalue weighted by Crippen LogP contribution is -2.39. The maximum Gasteiger partial charge on any atom is 0.257 e. The van der Waals surface area contributed by atoms with Gasteiger partial charge in [-0.1, -0.05) is 19.8 Å². The van der Waals surface area contributed by atoms with E-state index in [1.807, 2.05) is 11.9 Å². The summed E-state index contributed by atoms with van der Waals surface area (Å²) in [5, 5.41) is 0. The first-order valence-corrected chi connectivity index (χ1v) is 6.66. The lowest BCUT2D eigenvalue weighted by Gasteiger charge is -2.33. The lowest BCUT2D eigenvalue weighted by atomic mass is 9.86. The zero-order chi connectivity index (χ0) is 13.1. The maximum absolute atomic E-state index is 12.3. The van der Waals surface area contributed by atoms with Gasteiger partial charge in [-0.15, -0.1) is 0 Å². The molecule has 1 aliphatic rings. The lowest BCUT2D eigenvalue weighted by molar-refractivity contribution is 0.0671. The van der Waals surface area contributed by atoms with Crippen LogP contribution >= 0.6 is 0 Å². The van der Waals surface area contributed by atoms with Crippen molar-refractivity contribution in [2.75, 3.05) is 7.05 Å². The van der Waals surface area contributed by atoms with Crippen molar-refractivity contribution >= 4 is 5.91 Å². The second-order valence-corrected chi connectivity index (χ2v) is 5.35. The van der Waals surface area contributed by atoms with Crippen molar-refractivity contribution in [3.63, 3.8) is 0 Å². The molecule has 2 rings (SSSR count).